The van der Waals surface area contributed by atoms with Gasteiger partial charge in [-0.1, -0.05) is 42.8 Å². The number of carbonyl (C=O) groups is 3. The van der Waals surface area contributed by atoms with Gasteiger partial charge in [0.15, 0.2) is 0 Å². The maximum absolute atomic E-state index is 13.4. The summed E-state index contributed by atoms with van der Waals surface area (Å²) < 4.78 is 26.8. The van der Waals surface area contributed by atoms with Gasteiger partial charge in [-0.3, -0.25) is 14.4 Å². The molecule has 0 bridgehead atoms. The molecule has 0 saturated carbocycles. The number of rotatable bonds is 7. The third kappa shape index (κ3) is 5.78. The highest BCUT2D eigenvalue weighted by Crippen LogP contribution is 2.18. The molecule has 33 heavy (non-hydrogen) atoms. The van der Waals surface area contributed by atoms with E-state index in [1.807, 2.05) is 19.9 Å². The SMILES string of the molecule is CCCC(=O)N1CCN(C(=O)C(NC(=O)c2cccc(C)c2)S(=O)(=O)c2ccccc2)CC1. The minimum atomic E-state index is -4.20. The van der Waals surface area contributed by atoms with Gasteiger partial charge >= 0.3 is 0 Å². The molecule has 3 rings (SSSR count). The van der Waals surface area contributed by atoms with Crippen molar-refractivity contribution < 1.29 is 22.8 Å². The zero-order chi connectivity index (χ0) is 24.0. The monoisotopic (exact) mass is 471 g/mol. The molecule has 3 amide bonds. The van der Waals surface area contributed by atoms with Crippen LogP contribution in [0.25, 0.3) is 0 Å². The van der Waals surface area contributed by atoms with Gasteiger partial charge in [-0.15, -0.1) is 0 Å². The fraction of sp³-hybridized carbons (Fsp3) is 0.375. The lowest BCUT2D eigenvalue weighted by atomic mass is 10.1. The maximum Gasteiger partial charge on any atom is 0.261 e. The molecule has 1 N–H and O–H groups in total. The molecule has 8 nitrogen and oxygen atoms in total. The summed E-state index contributed by atoms with van der Waals surface area (Å²) in [6.07, 6.45) is 1.17. The van der Waals surface area contributed by atoms with Crippen molar-refractivity contribution in [2.24, 2.45) is 0 Å². The molecular formula is C24H29N3O5S. The van der Waals surface area contributed by atoms with E-state index >= 15 is 0 Å². The zero-order valence-corrected chi connectivity index (χ0v) is 19.7. The minimum Gasteiger partial charge on any atom is -0.339 e. The molecule has 1 unspecified atom stereocenters. The lowest BCUT2D eigenvalue weighted by Gasteiger charge is -2.36. The van der Waals surface area contributed by atoms with Gasteiger partial charge < -0.3 is 15.1 Å². The van der Waals surface area contributed by atoms with Crippen LogP contribution in [-0.4, -0.2) is 67.5 Å². The van der Waals surface area contributed by atoms with Crippen molar-refractivity contribution >= 4 is 27.6 Å². The first-order chi connectivity index (χ1) is 15.7. The second-order valence-corrected chi connectivity index (χ2v) is 10.1. The molecule has 0 aliphatic carbocycles. The Morgan fingerprint density at radius 2 is 1.58 bits per heavy atom. The molecule has 2 aromatic rings. The smallest absolute Gasteiger partial charge is 0.261 e. The first-order valence-electron chi connectivity index (χ1n) is 11.0. The Labute approximate surface area is 194 Å². The lowest BCUT2D eigenvalue weighted by Crippen LogP contribution is -2.57. The number of hydrogen-bond donors (Lipinski definition) is 1. The second-order valence-electron chi connectivity index (χ2n) is 8.04. The first-order valence-corrected chi connectivity index (χ1v) is 12.5. The van der Waals surface area contributed by atoms with Gasteiger partial charge in [0.2, 0.25) is 21.1 Å². The van der Waals surface area contributed by atoms with Crippen LogP contribution in [0.4, 0.5) is 0 Å². The number of sulfone groups is 1. The first kappa shape index (κ1) is 24.4. The van der Waals surface area contributed by atoms with Crippen molar-refractivity contribution in [2.75, 3.05) is 26.2 Å². The standard InChI is InChI=1S/C24H29N3O5S/c1-3-8-21(28)26-13-15-27(16-14-26)24(30)23(33(31,32)20-11-5-4-6-12-20)25-22(29)19-10-7-9-18(2)17-19/h4-7,9-12,17,23H,3,8,13-16H2,1-2H3,(H,25,29). The summed E-state index contributed by atoms with van der Waals surface area (Å²) in [5, 5.41) is 0.680. The number of amides is 3. The zero-order valence-electron chi connectivity index (χ0n) is 18.9. The summed E-state index contributed by atoms with van der Waals surface area (Å²) in [5.41, 5.74) is 1.11. The van der Waals surface area contributed by atoms with Crippen molar-refractivity contribution in [2.45, 2.75) is 37.0 Å². The van der Waals surface area contributed by atoms with Crippen LogP contribution in [0, 0.1) is 6.92 Å². The van der Waals surface area contributed by atoms with E-state index in [4.69, 9.17) is 0 Å². The van der Waals surface area contributed by atoms with Crippen molar-refractivity contribution in [3.8, 4) is 0 Å². The van der Waals surface area contributed by atoms with Gasteiger partial charge in [-0.25, -0.2) is 8.42 Å². The second kappa shape index (κ2) is 10.6. The van der Waals surface area contributed by atoms with E-state index in [-0.39, 0.29) is 29.5 Å². The van der Waals surface area contributed by atoms with Crippen molar-refractivity contribution in [1.29, 1.82) is 0 Å². The highest BCUT2D eigenvalue weighted by molar-refractivity contribution is 7.92. The Bertz CT molecular complexity index is 1110. The Morgan fingerprint density at radius 3 is 2.18 bits per heavy atom. The Morgan fingerprint density at radius 1 is 0.939 bits per heavy atom. The Balaban J connectivity index is 1.85. The quantitative estimate of drug-likeness (QED) is 0.665. The molecule has 1 aliphatic rings. The molecule has 1 heterocycles. The lowest BCUT2D eigenvalue weighted by molar-refractivity contribution is -0.139. The van der Waals surface area contributed by atoms with E-state index in [2.05, 4.69) is 5.32 Å². The van der Waals surface area contributed by atoms with Gasteiger partial charge in [-0.05, 0) is 37.6 Å². The summed E-state index contributed by atoms with van der Waals surface area (Å²) in [6, 6.07) is 14.3. The minimum absolute atomic E-state index is 0.0193. The molecule has 0 aromatic heterocycles. The van der Waals surface area contributed by atoms with E-state index in [9.17, 15) is 22.8 Å². The molecule has 0 spiro atoms. The molecular weight excluding hydrogens is 442 g/mol. The van der Waals surface area contributed by atoms with Gasteiger partial charge in [-0.2, -0.15) is 0 Å². The Hall–Kier alpha value is -3.20. The van der Waals surface area contributed by atoms with Crippen LogP contribution in [0.15, 0.2) is 59.5 Å². The van der Waals surface area contributed by atoms with Gasteiger partial charge in [0.05, 0.1) is 4.90 Å². The van der Waals surface area contributed by atoms with Gasteiger partial charge in [0.1, 0.15) is 0 Å². The van der Waals surface area contributed by atoms with Crippen LogP contribution in [0.5, 0.6) is 0 Å². The fourth-order valence-electron chi connectivity index (χ4n) is 3.72. The predicted molar refractivity (Wildman–Crippen MR) is 124 cm³/mol. The Kier molecular flexibility index (Phi) is 7.86. The molecule has 0 radical (unpaired) electrons. The van der Waals surface area contributed by atoms with Gasteiger partial charge in [0.25, 0.3) is 11.8 Å². The molecule has 1 fully saturated rings. The molecule has 1 atom stereocenters. The largest absolute Gasteiger partial charge is 0.339 e. The van der Waals surface area contributed by atoms with Crippen LogP contribution in [0.1, 0.15) is 35.7 Å². The summed E-state index contributed by atoms with van der Waals surface area (Å²) in [5.74, 6) is -1.33. The number of aryl methyl sites for hydroxylation is 1. The number of hydrogen-bond acceptors (Lipinski definition) is 5. The summed E-state index contributed by atoms with van der Waals surface area (Å²) in [4.78, 5) is 41.5. The van der Waals surface area contributed by atoms with Gasteiger partial charge in [0, 0.05) is 38.2 Å². The highest BCUT2D eigenvalue weighted by atomic mass is 32.2. The normalized spacial score (nSPS) is 15.1. The van der Waals surface area contributed by atoms with Crippen LogP contribution in [0.3, 0.4) is 0 Å². The molecule has 1 saturated heterocycles. The summed E-state index contributed by atoms with van der Waals surface area (Å²) in [7, 11) is -4.20. The average molecular weight is 472 g/mol. The van der Waals surface area contributed by atoms with Crippen LogP contribution in [-0.2, 0) is 19.4 Å². The average Bonchev–Trinajstić information content (AvgIpc) is 2.82. The van der Waals surface area contributed by atoms with E-state index < -0.39 is 27.0 Å². The molecule has 2 aromatic carbocycles. The van der Waals surface area contributed by atoms with Crippen molar-refractivity contribution in [1.82, 2.24) is 15.1 Å². The number of carbonyl (C=O) groups excluding carboxylic acids is 3. The van der Waals surface area contributed by atoms with Crippen molar-refractivity contribution in [3.63, 3.8) is 0 Å². The fourth-order valence-corrected chi connectivity index (χ4v) is 5.21. The topological polar surface area (TPSA) is 104 Å². The molecule has 9 heteroatoms. The summed E-state index contributed by atoms with van der Waals surface area (Å²) in [6.45, 7) is 4.81. The van der Waals surface area contributed by atoms with Crippen molar-refractivity contribution in [3.05, 3.63) is 65.7 Å². The van der Waals surface area contributed by atoms with E-state index in [0.29, 0.717) is 19.5 Å². The molecule has 1 aliphatic heterocycles. The number of piperazine rings is 1. The number of nitrogens with one attached hydrogen (secondary N) is 1. The summed E-state index contributed by atoms with van der Waals surface area (Å²) >= 11 is 0. The maximum atomic E-state index is 13.4. The third-order valence-electron chi connectivity index (χ3n) is 5.56. The highest BCUT2D eigenvalue weighted by Gasteiger charge is 2.39. The third-order valence-corrected chi connectivity index (χ3v) is 7.43. The number of benzene rings is 2. The van der Waals surface area contributed by atoms with E-state index in [1.54, 1.807) is 41.3 Å². The van der Waals surface area contributed by atoms with E-state index in [1.165, 1.54) is 17.0 Å². The van der Waals surface area contributed by atoms with E-state index in [0.717, 1.165) is 12.0 Å². The number of nitrogens with zero attached hydrogens (tertiary/aromatic N) is 2. The van der Waals surface area contributed by atoms with Crippen LogP contribution in [0.2, 0.25) is 0 Å². The van der Waals surface area contributed by atoms with Crippen LogP contribution >= 0.6 is 0 Å². The molecule has 176 valence electrons. The predicted octanol–water partition coefficient (Wildman–Crippen LogP) is 2.00. The van der Waals surface area contributed by atoms with Crippen LogP contribution < -0.4 is 5.32 Å².